The number of nitrogens with one attached hydrogen (secondary N) is 1. The summed E-state index contributed by atoms with van der Waals surface area (Å²) in [4.78, 5) is 57.7. The number of carbonyl (C=O) groups is 4. The molecule has 1 heterocycles. The summed E-state index contributed by atoms with van der Waals surface area (Å²) >= 11 is 0. The highest BCUT2D eigenvalue weighted by atomic mass is 19.1. The van der Waals surface area contributed by atoms with Gasteiger partial charge in [0, 0.05) is 19.5 Å². The largest absolute Gasteiger partial charge is 0.465 e. The first-order chi connectivity index (χ1) is 22.5. The number of alkyl carbamates (subject to hydrolysis) is 1. The van der Waals surface area contributed by atoms with Crippen LogP contribution in [0.5, 0.6) is 0 Å². The average molecular weight is 660 g/mol. The number of amides is 3. The van der Waals surface area contributed by atoms with Crippen molar-refractivity contribution in [3.63, 3.8) is 0 Å². The van der Waals surface area contributed by atoms with E-state index >= 15 is 0 Å². The lowest BCUT2D eigenvalue weighted by Crippen LogP contribution is -2.61. The van der Waals surface area contributed by atoms with E-state index in [1.165, 1.54) is 19.2 Å². The molecular weight excluding hydrogens is 613 g/mol. The Labute approximate surface area is 282 Å². The molecule has 4 rings (SSSR count). The van der Waals surface area contributed by atoms with Crippen LogP contribution in [-0.4, -0.2) is 58.5 Å². The summed E-state index contributed by atoms with van der Waals surface area (Å²) in [6.45, 7) is 13.0. The van der Waals surface area contributed by atoms with Gasteiger partial charge in [0.1, 0.15) is 23.5 Å². The van der Waals surface area contributed by atoms with Gasteiger partial charge in [0.15, 0.2) is 0 Å². The van der Waals surface area contributed by atoms with Gasteiger partial charge in [0.05, 0.1) is 18.7 Å². The first kappa shape index (κ1) is 36.1. The van der Waals surface area contributed by atoms with Crippen LogP contribution in [0.25, 0.3) is 0 Å². The first-order valence-electron chi connectivity index (χ1n) is 16.1. The molecule has 10 heteroatoms. The van der Waals surface area contributed by atoms with Gasteiger partial charge in [-0.3, -0.25) is 9.59 Å². The molecule has 1 N–H and O–H groups in total. The van der Waals surface area contributed by atoms with Gasteiger partial charge in [-0.2, -0.15) is 0 Å². The van der Waals surface area contributed by atoms with E-state index in [9.17, 15) is 23.6 Å². The summed E-state index contributed by atoms with van der Waals surface area (Å²) in [7, 11) is 1.31. The Balaban J connectivity index is 1.76. The second-order valence-electron chi connectivity index (χ2n) is 14.3. The Bertz CT molecular complexity index is 1630. The summed E-state index contributed by atoms with van der Waals surface area (Å²) in [5, 5.41) is 2.79. The fourth-order valence-electron chi connectivity index (χ4n) is 5.79. The average Bonchev–Trinajstić information content (AvgIpc) is 3.03. The van der Waals surface area contributed by atoms with Gasteiger partial charge in [-0.1, -0.05) is 69.3 Å². The van der Waals surface area contributed by atoms with Crippen LogP contribution in [0, 0.1) is 11.2 Å². The third kappa shape index (κ3) is 8.79. The zero-order chi connectivity index (χ0) is 35.4. The lowest BCUT2D eigenvalue weighted by Gasteiger charge is -2.43. The molecule has 3 aromatic carbocycles. The van der Waals surface area contributed by atoms with Gasteiger partial charge < -0.3 is 24.6 Å². The Hall–Kier alpha value is -4.73. The smallest absolute Gasteiger partial charge is 0.408 e. The monoisotopic (exact) mass is 659 g/mol. The fourth-order valence-corrected chi connectivity index (χ4v) is 5.79. The quantitative estimate of drug-likeness (QED) is 0.274. The number of hydrogen-bond donors (Lipinski definition) is 1. The lowest BCUT2D eigenvalue weighted by atomic mass is 9.84. The standard InChI is InChI=1S/C38H46FN3O6/c1-24(26-17-19-30(39)20-18-26)41(22-25-13-15-27(16-14-25)35(45)47-8)33(43)31-21-28-11-9-10-12-29(28)23-42(31)34(44)32(37(2,3)4)40-36(46)48-38(5,6)7/h9-20,24,31-32H,21-23H2,1-8H3,(H,40,46)/t24-,31?,32?/m1/s1. The maximum atomic E-state index is 14.9. The minimum Gasteiger partial charge on any atom is -0.465 e. The molecule has 0 fully saturated rings. The molecule has 0 radical (unpaired) electrons. The van der Waals surface area contributed by atoms with Crippen LogP contribution >= 0.6 is 0 Å². The van der Waals surface area contributed by atoms with Crippen molar-refractivity contribution in [1.29, 1.82) is 0 Å². The van der Waals surface area contributed by atoms with Gasteiger partial charge in [-0.15, -0.1) is 0 Å². The number of ether oxygens (including phenoxy) is 2. The van der Waals surface area contributed by atoms with Crippen molar-refractivity contribution in [1.82, 2.24) is 15.1 Å². The first-order valence-corrected chi connectivity index (χ1v) is 16.1. The minimum absolute atomic E-state index is 0.151. The SMILES string of the molecule is COC(=O)c1ccc(CN(C(=O)C2Cc3ccccc3CN2C(=O)C(NC(=O)OC(C)(C)C)C(C)(C)C)[C@H](C)c2ccc(F)cc2)cc1. The van der Waals surface area contributed by atoms with E-state index in [-0.39, 0.29) is 25.4 Å². The molecule has 0 saturated heterocycles. The molecule has 3 amide bonds. The van der Waals surface area contributed by atoms with Crippen LogP contribution in [0.3, 0.4) is 0 Å². The minimum atomic E-state index is -0.998. The molecular formula is C38H46FN3O6. The molecule has 0 saturated carbocycles. The van der Waals surface area contributed by atoms with Crippen LogP contribution in [0.4, 0.5) is 9.18 Å². The summed E-state index contributed by atoms with van der Waals surface area (Å²) in [5.41, 5.74) is 2.20. The van der Waals surface area contributed by atoms with Crippen LogP contribution in [0.2, 0.25) is 0 Å². The van der Waals surface area contributed by atoms with Gasteiger partial charge in [0.25, 0.3) is 0 Å². The van der Waals surface area contributed by atoms with Crippen molar-refractivity contribution in [3.05, 3.63) is 106 Å². The van der Waals surface area contributed by atoms with Crippen LogP contribution in [0.1, 0.15) is 87.1 Å². The highest BCUT2D eigenvalue weighted by Gasteiger charge is 2.44. The van der Waals surface area contributed by atoms with E-state index in [2.05, 4.69) is 5.32 Å². The molecule has 3 aromatic rings. The highest BCUT2D eigenvalue weighted by Crippen LogP contribution is 2.32. The van der Waals surface area contributed by atoms with Crippen molar-refractivity contribution in [2.45, 2.75) is 91.7 Å². The van der Waals surface area contributed by atoms with Crippen molar-refractivity contribution in [2.24, 2.45) is 5.41 Å². The molecule has 1 aliphatic rings. The van der Waals surface area contributed by atoms with Crippen LogP contribution < -0.4 is 5.32 Å². The Morgan fingerprint density at radius 2 is 1.52 bits per heavy atom. The summed E-state index contributed by atoms with van der Waals surface area (Å²) in [5.74, 6) is -1.58. The maximum Gasteiger partial charge on any atom is 0.408 e. The van der Waals surface area contributed by atoms with Gasteiger partial charge in [0.2, 0.25) is 11.8 Å². The van der Waals surface area contributed by atoms with Crippen molar-refractivity contribution in [3.8, 4) is 0 Å². The number of benzene rings is 3. The number of methoxy groups -OCH3 is 1. The predicted octanol–water partition coefficient (Wildman–Crippen LogP) is 6.60. The zero-order valence-electron chi connectivity index (χ0n) is 29.0. The van der Waals surface area contributed by atoms with Crippen molar-refractivity contribution < 1.29 is 33.0 Å². The number of nitrogens with zero attached hydrogens (tertiary/aromatic N) is 2. The number of carbonyl (C=O) groups excluding carboxylic acids is 4. The third-order valence-electron chi connectivity index (χ3n) is 8.42. The van der Waals surface area contributed by atoms with Gasteiger partial charge in [-0.25, -0.2) is 14.0 Å². The lowest BCUT2D eigenvalue weighted by molar-refractivity contribution is -0.151. The third-order valence-corrected chi connectivity index (χ3v) is 8.42. The molecule has 2 unspecified atom stereocenters. The predicted molar refractivity (Wildman–Crippen MR) is 180 cm³/mol. The molecule has 0 aromatic heterocycles. The highest BCUT2D eigenvalue weighted by molar-refractivity contribution is 5.93. The van der Waals surface area contributed by atoms with Crippen molar-refractivity contribution in [2.75, 3.05) is 7.11 Å². The van der Waals surface area contributed by atoms with Crippen molar-refractivity contribution >= 4 is 23.9 Å². The molecule has 48 heavy (non-hydrogen) atoms. The molecule has 256 valence electrons. The number of fused-ring (bicyclic) bond motifs is 1. The summed E-state index contributed by atoms with van der Waals surface area (Å²) < 4.78 is 24.2. The Kier molecular flexibility index (Phi) is 11.0. The zero-order valence-corrected chi connectivity index (χ0v) is 29.0. The number of esters is 1. The van der Waals surface area contributed by atoms with E-state index in [4.69, 9.17) is 9.47 Å². The van der Waals surface area contributed by atoms with E-state index in [0.717, 1.165) is 16.7 Å². The van der Waals surface area contributed by atoms with Crippen LogP contribution in [-0.2, 0) is 38.6 Å². The molecule has 3 atom stereocenters. The second kappa shape index (κ2) is 14.6. The van der Waals surface area contributed by atoms with E-state index < -0.39 is 52.9 Å². The van der Waals surface area contributed by atoms with E-state index in [1.54, 1.807) is 67.0 Å². The molecule has 0 aliphatic carbocycles. The van der Waals surface area contributed by atoms with Gasteiger partial charge in [-0.05, 0) is 79.6 Å². The van der Waals surface area contributed by atoms with E-state index in [1.807, 2.05) is 52.0 Å². The second-order valence-corrected chi connectivity index (χ2v) is 14.3. The van der Waals surface area contributed by atoms with Gasteiger partial charge >= 0.3 is 12.1 Å². The van der Waals surface area contributed by atoms with Crippen LogP contribution in [0.15, 0.2) is 72.8 Å². The topological polar surface area (TPSA) is 105 Å². The summed E-state index contributed by atoms with van der Waals surface area (Å²) in [6.07, 6.45) is -0.462. The Morgan fingerprint density at radius 3 is 2.08 bits per heavy atom. The number of rotatable bonds is 8. The molecule has 0 spiro atoms. The number of halogens is 1. The molecule has 0 bridgehead atoms. The molecule has 1 aliphatic heterocycles. The van der Waals surface area contributed by atoms with E-state index in [0.29, 0.717) is 11.1 Å². The molecule has 9 nitrogen and oxygen atoms in total. The normalized spacial score (nSPS) is 15.9. The number of hydrogen-bond acceptors (Lipinski definition) is 6. The fraction of sp³-hybridized carbons (Fsp3) is 0.421. The Morgan fingerprint density at radius 1 is 0.917 bits per heavy atom. The summed E-state index contributed by atoms with van der Waals surface area (Å²) in [6, 6.07) is 18.0. The maximum absolute atomic E-state index is 14.9.